The molecule has 1 N–H and O–H groups in total. The van der Waals surface area contributed by atoms with Crippen molar-refractivity contribution in [1.82, 2.24) is 14.6 Å². The molecule has 2 atom stereocenters. The summed E-state index contributed by atoms with van der Waals surface area (Å²) in [5.41, 5.74) is -0.479. The van der Waals surface area contributed by atoms with Crippen LogP contribution in [-0.2, 0) is 14.1 Å². The lowest BCUT2D eigenvalue weighted by Crippen LogP contribution is -2.67. The smallest absolute Gasteiger partial charge is 0.351 e. The minimum absolute atomic E-state index is 0.0569. The van der Waals surface area contributed by atoms with Crippen LogP contribution in [0.2, 0.25) is 5.04 Å². The summed E-state index contributed by atoms with van der Waals surface area (Å²) in [4.78, 5) is 33.9. The number of hydrogen-bond acceptors (Lipinski definition) is 6. The maximum absolute atomic E-state index is 12.6. The van der Waals surface area contributed by atoms with Crippen molar-refractivity contribution in [2.45, 2.75) is 51.4 Å². The summed E-state index contributed by atoms with van der Waals surface area (Å²) in [5.74, 6) is -0.0567. The van der Waals surface area contributed by atoms with Gasteiger partial charge in [0.1, 0.15) is 5.82 Å². The zero-order valence-corrected chi connectivity index (χ0v) is 22.5. The van der Waals surface area contributed by atoms with Gasteiger partial charge in [-0.2, -0.15) is 10.0 Å². The molecule has 190 valence electrons. The molecule has 1 fully saturated rings. The van der Waals surface area contributed by atoms with Gasteiger partial charge < -0.3 is 9.74 Å². The van der Waals surface area contributed by atoms with Gasteiger partial charge >= 0.3 is 5.69 Å². The maximum Gasteiger partial charge on any atom is 0.351 e. The fourth-order valence-corrected chi connectivity index (χ4v) is 9.50. The molecule has 9 heteroatoms. The third kappa shape index (κ3) is 5.19. The third-order valence-electron chi connectivity index (χ3n) is 6.63. The van der Waals surface area contributed by atoms with Crippen molar-refractivity contribution >= 4 is 30.4 Å². The SMILES string of the molecule is CC(=O)Nc1ccn([C@H]2C[C@H](CO[Si](c3ccccc3)(c3ccccc3)C(C)(C)C)N(C)O2)c(=O)n1. The lowest BCUT2D eigenvalue weighted by molar-refractivity contribution is -0.169. The first-order valence-corrected chi connectivity index (χ1v) is 14.0. The van der Waals surface area contributed by atoms with Crippen LogP contribution >= 0.6 is 0 Å². The number of nitrogens with one attached hydrogen (secondary N) is 1. The largest absolute Gasteiger partial charge is 0.406 e. The number of nitrogens with zero attached hydrogens (tertiary/aromatic N) is 3. The Morgan fingerprint density at radius 2 is 1.67 bits per heavy atom. The molecular weight excluding hydrogens is 472 g/mol. The van der Waals surface area contributed by atoms with Crippen molar-refractivity contribution in [3.05, 3.63) is 83.4 Å². The Morgan fingerprint density at radius 1 is 1.08 bits per heavy atom. The molecule has 36 heavy (non-hydrogen) atoms. The minimum Gasteiger partial charge on any atom is -0.406 e. The maximum atomic E-state index is 12.6. The Morgan fingerprint density at radius 3 is 2.17 bits per heavy atom. The molecule has 0 unspecified atom stereocenters. The first kappa shape index (κ1) is 26.0. The average molecular weight is 507 g/mol. The summed E-state index contributed by atoms with van der Waals surface area (Å²) in [6.07, 6.45) is 1.66. The van der Waals surface area contributed by atoms with Crippen molar-refractivity contribution in [2.24, 2.45) is 0 Å². The number of amides is 1. The molecule has 2 aromatic carbocycles. The molecule has 2 heterocycles. The normalized spacial score (nSPS) is 18.8. The molecule has 1 aromatic heterocycles. The van der Waals surface area contributed by atoms with Crippen LogP contribution in [0.25, 0.3) is 0 Å². The first-order chi connectivity index (χ1) is 17.1. The first-order valence-electron chi connectivity index (χ1n) is 12.1. The molecule has 0 aliphatic carbocycles. The summed E-state index contributed by atoms with van der Waals surface area (Å²) in [6, 6.07) is 22.6. The average Bonchev–Trinajstić information content (AvgIpc) is 3.20. The lowest BCUT2D eigenvalue weighted by atomic mass is 10.2. The van der Waals surface area contributed by atoms with Crippen LogP contribution in [0.1, 0.15) is 40.3 Å². The highest BCUT2D eigenvalue weighted by Crippen LogP contribution is 2.38. The van der Waals surface area contributed by atoms with E-state index in [0.717, 1.165) is 0 Å². The number of anilines is 1. The Labute approximate surface area is 213 Å². The van der Waals surface area contributed by atoms with E-state index in [1.807, 2.05) is 19.2 Å². The Bertz CT molecular complexity index is 1200. The van der Waals surface area contributed by atoms with Gasteiger partial charge in [-0.1, -0.05) is 81.4 Å². The minimum atomic E-state index is -2.69. The van der Waals surface area contributed by atoms with Gasteiger partial charge in [-0.3, -0.25) is 14.2 Å². The number of aromatic nitrogens is 2. The van der Waals surface area contributed by atoms with E-state index in [0.29, 0.717) is 13.0 Å². The van der Waals surface area contributed by atoms with Gasteiger partial charge in [0, 0.05) is 26.6 Å². The van der Waals surface area contributed by atoms with E-state index in [1.165, 1.54) is 21.9 Å². The van der Waals surface area contributed by atoms with Gasteiger partial charge in [-0.05, 0) is 21.5 Å². The summed E-state index contributed by atoms with van der Waals surface area (Å²) in [5, 5.41) is 6.61. The molecule has 1 aliphatic rings. The molecule has 1 amide bonds. The van der Waals surface area contributed by atoms with E-state index < -0.39 is 20.2 Å². The van der Waals surface area contributed by atoms with Crippen molar-refractivity contribution in [3.63, 3.8) is 0 Å². The fourth-order valence-electron chi connectivity index (χ4n) is 4.90. The standard InChI is InChI=1S/C27H34N4O4Si/c1-20(32)28-24-16-17-31(26(33)29-24)25-18-21(30(5)35-25)19-34-36(27(2,3)4,22-12-8-6-9-13-22)23-14-10-7-11-15-23/h6-17,21,25H,18-19H2,1-5H3,(H,28,29,32,33)/t21-,25-/m1/s1. The summed E-state index contributed by atoms with van der Waals surface area (Å²) >= 11 is 0. The number of carbonyl (C=O) groups excluding carboxylic acids is 1. The molecule has 3 aromatic rings. The van der Waals surface area contributed by atoms with Crippen LogP contribution in [-0.4, -0.2) is 48.5 Å². The van der Waals surface area contributed by atoms with E-state index >= 15 is 0 Å². The molecule has 4 rings (SSSR count). The number of hydroxylamine groups is 2. The number of benzene rings is 2. The van der Waals surface area contributed by atoms with Crippen LogP contribution in [0, 0.1) is 0 Å². The topological polar surface area (TPSA) is 85.7 Å². The van der Waals surface area contributed by atoms with Crippen LogP contribution in [0.15, 0.2) is 77.7 Å². The summed E-state index contributed by atoms with van der Waals surface area (Å²) in [7, 11) is -0.821. The van der Waals surface area contributed by atoms with Crippen LogP contribution < -0.4 is 21.4 Å². The van der Waals surface area contributed by atoms with E-state index in [-0.39, 0.29) is 22.8 Å². The van der Waals surface area contributed by atoms with E-state index in [4.69, 9.17) is 9.26 Å². The number of likely N-dealkylation sites (N-methyl/N-ethyl adjacent to an activating group) is 1. The highest BCUT2D eigenvalue weighted by atomic mass is 28.4. The van der Waals surface area contributed by atoms with E-state index in [1.54, 1.807) is 17.3 Å². The third-order valence-corrected chi connectivity index (χ3v) is 11.6. The second-order valence-corrected chi connectivity index (χ2v) is 14.5. The van der Waals surface area contributed by atoms with Crippen LogP contribution in [0.4, 0.5) is 5.82 Å². The van der Waals surface area contributed by atoms with Gasteiger partial charge in [0.25, 0.3) is 8.32 Å². The Hall–Kier alpha value is -3.11. The second-order valence-electron chi connectivity index (χ2n) is 10.2. The van der Waals surface area contributed by atoms with E-state index in [2.05, 4.69) is 79.6 Å². The number of hydrogen-bond donors (Lipinski definition) is 1. The van der Waals surface area contributed by atoms with E-state index in [9.17, 15) is 9.59 Å². The quantitative estimate of drug-likeness (QED) is 0.496. The predicted molar refractivity (Wildman–Crippen MR) is 143 cm³/mol. The fraction of sp³-hybridized carbons (Fsp3) is 0.370. The Balaban J connectivity index is 1.60. The van der Waals surface area contributed by atoms with Gasteiger partial charge in [0.2, 0.25) is 5.91 Å². The molecule has 0 radical (unpaired) electrons. The molecule has 0 bridgehead atoms. The second kappa shape index (κ2) is 10.5. The summed E-state index contributed by atoms with van der Waals surface area (Å²) < 4.78 is 8.51. The number of carbonyl (C=O) groups is 1. The molecular formula is C27H34N4O4Si. The summed E-state index contributed by atoms with van der Waals surface area (Å²) in [6.45, 7) is 8.57. The van der Waals surface area contributed by atoms with Crippen molar-refractivity contribution in [2.75, 3.05) is 19.0 Å². The highest BCUT2D eigenvalue weighted by molar-refractivity contribution is 6.99. The van der Waals surface area contributed by atoms with Crippen molar-refractivity contribution in [1.29, 1.82) is 0 Å². The molecule has 0 saturated carbocycles. The molecule has 1 aliphatic heterocycles. The van der Waals surface area contributed by atoms with Crippen LogP contribution in [0.3, 0.4) is 0 Å². The lowest BCUT2D eigenvalue weighted by Gasteiger charge is -2.43. The predicted octanol–water partition coefficient (Wildman–Crippen LogP) is 2.91. The molecule has 1 saturated heterocycles. The van der Waals surface area contributed by atoms with Crippen molar-refractivity contribution < 1.29 is 14.1 Å². The zero-order chi connectivity index (χ0) is 25.9. The number of rotatable bonds is 7. The van der Waals surface area contributed by atoms with Gasteiger partial charge in [-0.15, -0.1) is 0 Å². The van der Waals surface area contributed by atoms with Crippen molar-refractivity contribution in [3.8, 4) is 0 Å². The Kier molecular flexibility index (Phi) is 7.56. The molecule has 0 spiro atoms. The zero-order valence-electron chi connectivity index (χ0n) is 21.5. The van der Waals surface area contributed by atoms with Gasteiger partial charge in [-0.25, -0.2) is 4.79 Å². The molecule has 8 nitrogen and oxygen atoms in total. The van der Waals surface area contributed by atoms with Crippen LogP contribution in [0.5, 0.6) is 0 Å². The monoisotopic (exact) mass is 506 g/mol. The highest BCUT2D eigenvalue weighted by Gasteiger charge is 2.51. The van der Waals surface area contributed by atoms with Gasteiger partial charge in [0.05, 0.1) is 12.6 Å². The van der Waals surface area contributed by atoms with Gasteiger partial charge in [0.15, 0.2) is 6.23 Å².